The van der Waals surface area contributed by atoms with Gasteiger partial charge >= 0.3 is 5.97 Å². The quantitative estimate of drug-likeness (QED) is 0.828. The summed E-state index contributed by atoms with van der Waals surface area (Å²) in [5, 5.41) is 11.7. The lowest BCUT2D eigenvalue weighted by Crippen LogP contribution is -2.41. The first-order chi connectivity index (χ1) is 9.11. The van der Waals surface area contributed by atoms with E-state index in [1.807, 2.05) is 0 Å². The Bertz CT molecular complexity index is 469. The van der Waals surface area contributed by atoms with Crippen molar-refractivity contribution in [2.45, 2.75) is 38.0 Å². The topological polar surface area (TPSA) is 80.6 Å². The van der Waals surface area contributed by atoms with Crippen LogP contribution in [0.15, 0.2) is 18.3 Å². The summed E-state index contributed by atoms with van der Waals surface area (Å²) in [5.41, 5.74) is 0.365. The molecule has 0 saturated heterocycles. The summed E-state index contributed by atoms with van der Waals surface area (Å²) in [5.74, 6) is -1.22. The number of rotatable bonds is 5. The molecule has 1 fully saturated rings. The molecule has 0 spiro atoms. The van der Waals surface area contributed by atoms with Crippen molar-refractivity contribution in [1.82, 2.24) is 9.88 Å². The zero-order valence-corrected chi connectivity index (χ0v) is 10.8. The Morgan fingerprint density at radius 2 is 2.32 bits per heavy atom. The molecule has 6 heteroatoms. The molecule has 1 heterocycles. The molecular formula is C13H18N2O4. The van der Waals surface area contributed by atoms with Crippen LogP contribution in [0.2, 0.25) is 0 Å². The van der Waals surface area contributed by atoms with E-state index >= 15 is 0 Å². The van der Waals surface area contributed by atoms with Crippen molar-refractivity contribution in [1.29, 1.82) is 0 Å². The average molecular weight is 266 g/mol. The van der Waals surface area contributed by atoms with Crippen LogP contribution in [0.4, 0.5) is 0 Å². The number of nitrogens with zero attached hydrogens (tertiary/aromatic N) is 1. The Morgan fingerprint density at radius 1 is 1.53 bits per heavy atom. The molecule has 0 aliphatic heterocycles. The van der Waals surface area contributed by atoms with Gasteiger partial charge in [-0.25, -0.2) is 0 Å². The van der Waals surface area contributed by atoms with Crippen molar-refractivity contribution in [3.05, 3.63) is 24.0 Å². The van der Waals surface area contributed by atoms with Gasteiger partial charge in [0.2, 0.25) is 0 Å². The predicted molar refractivity (Wildman–Crippen MR) is 68.0 cm³/mol. The summed E-state index contributed by atoms with van der Waals surface area (Å²) < 4.78 is 6.75. The first-order valence-corrected chi connectivity index (χ1v) is 6.32. The zero-order valence-electron chi connectivity index (χ0n) is 10.8. The van der Waals surface area contributed by atoms with E-state index in [1.54, 1.807) is 25.4 Å². The summed E-state index contributed by atoms with van der Waals surface area (Å²) in [6, 6.07) is 3.29. The van der Waals surface area contributed by atoms with Gasteiger partial charge in [0.15, 0.2) is 0 Å². The molecule has 1 saturated carbocycles. The fourth-order valence-electron chi connectivity index (χ4n) is 2.52. The largest absolute Gasteiger partial charge is 0.480 e. The molecule has 104 valence electrons. The molecule has 0 aromatic carbocycles. The van der Waals surface area contributed by atoms with Crippen molar-refractivity contribution in [3.8, 4) is 0 Å². The highest BCUT2D eigenvalue weighted by molar-refractivity contribution is 5.93. The Labute approximate surface area is 111 Å². The number of hydrogen-bond acceptors (Lipinski definition) is 3. The van der Waals surface area contributed by atoms with Crippen LogP contribution in [0, 0.1) is 0 Å². The predicted octanol–water partition coefficient (Wildman–Crippen LogP) is 0.870. The van der Waals surface area contributed by atoms with Crippen LogP contribution in [-0.4, -0.2) is 40.8 Å². The van der Waals surface area contributed by atoms with Gasteiger partial charge in [-0.05, 0) is 31.4 Å². The second-order valence-electron chi connectivity index (χ2n) is 4.70. The minimum atomic E-state index is -0.971. The first kappa shape index (κ1) is 13.6. The van der Waals surface area contributed by atoms with Crippen LogP contribution in [-0.2, 0) is 16.1 Å². The first-order valence-electron chi connectivity index (χ1n) is 6.32. The second kappa shape index (κ2) is 5.88. The van der Waals surface area contributed by atoms with Gasteiger partial charge < -0.3 is 19.7 Å². The zero-order chi connectivity index (χ0) is 13.8. The molecule has 2 rings (SSSR count). The number of carboxylic acid groups (broad SMARTS) is 1. The summed E-state index contributed by atoms with van der Waals surface area (Å²) in [6.07, 6.45) is 4.50. The molecule has 2 N–H and O–H groups in total. The number of methoxy groups -OCH3 is 1. The van der Waals surface area contributed by atoms with E-state index in [9.17, 15) is 9.59 Å². The van der Waals surface area contributed by atoms with Crippen LogP contribution < -0.4 is 5.32 Å². The third kappa shape index (κ3) is 3.14. The van der Waals surface area contributed by atoms with E-state index < -0.39 is 5.97 Å². The highest BCUT2D eigenvalue weighted by atomic mass is 16.5. The van der Waals surface area contributed by atoms with Crippen LogP contribution in [0.1, 0.15) is 29.8 Å². The Morgan fingerprint density at radius 3 is 3.00 bits per heavy atom. The van der Waals surface area contributed by atoms with Gasteiger partial charge in [0.05, 0.1) is 12.1 Å². The van der Waals surface area contributed by atoms with Gasteiger partial charge in [0.25, 0.3) is 5.91 Å². The van der Waals surface area contributed by atoms with Crippen LogP contribution in [0.25, 0.3) is 0 Å². The number of carbonyl (C=O) groups is 2. The monoisotopic (exact) mass is 266 g/mol. The normalized spacial score (nSPS) is 22.4. The molecule has 1 aromatic heterocycles. The van der Waals surface area contributed by atoms with Crippen LogP contribution in [0.5, 0.6) is 0 Å². The summed E-state index contributed by atoms with van der Waals surface area (Å²) in [4.78, 5) is 22.9. The molecule has 0 bridgehead atoms. The highest BCUT2D eigenvalue weighted by Crippen LogP contribution is 2.21. The third-order valence-electron chi connectivity index (χ3n) is 3.44. The molecule has 1 aliphatic carbocycles. The number of hydrogen-bond donors (Lipinski definition) is 2. The Balaban J connectivity index is 2.03. The van der Waals surface area contributed by atoms with Crippen molar-refractivity contribution < 1.29 is 19.4 Å². The number of ether oxygens (including phenoxy) is 1. The minimum Gasteiger partial charge on any atom is -0.480 e. The Hall–Kier alpha value is -1.82. The maximum absolute atomic E-state index is 12.1. The number of amides is 1. The summed E-state index contributed by atoms with van der Waals surface area (Å²) >= 11 is 0. The standard InChI is InChI=1S/C13H18N2O4/c1-19-11-6-2-4-9(11)14-13(18)10-5-3-7-15(10)8-12(16)17/h3,5,7,9,11H,2,4,6,8H2,1H3,(H,14,18)(H,16,17). The van der Waals surface area contributed by atoms with Crippen molar-refractivity contribution >= 4 is 11.9 Å². The highest BCUT2D eigenvalue weighted by Gasteiger charge is 2.29. The maximum Gasteiger partial charge on any atom is 0.323 e. The van der Waals surface area contributed by atoms with E-state index in [-0.39, 0.29) is 24.6 Å². The molecule has 1 aromatic rings. The number of aliphatic carboxylic acids is 1. The van der Waals surface area contributed by atoms with Crippen molar-refractivity contribution in [2.24, 2.45) is 0 Å². The van der Waals surface area contributed by atoms with E-state index in [2.05, 4.69) is 5.32 Å². The summed E-state index contributed by atoms with van der Waals surface area (Å²) in [7, 11) is 1.64. The van der Waals surface area contributed by atoms with E-state index in [0.717, 1.165) is 19.3 Å². The number of aromatic nitrogens is 1. The SMILES string of the molecule is COC1CCCC1NC(=O)c1cccn1CC(=O)O. The van der Waals surface area contributed by atoms with Gasteiger partial charge in [-0.2, -0.15) is 0 Å². The molecule has 1 amide bonds. The molecular weight excluding hydrogens is 248 g/mol. The minimum absolute atomic E-state index is 0.00526. The van der Waals surface area contributed by atoms with E-state index in [1.165, 1.54) is 4.57 Å². The van der Waals surface area contributed by atoms with Gasteiger partial charge in [-0.15, -0.1) is 0 Å². The number of carboxylic acids is 1. The third-order valence-corrected chi connectivity index (χ3v) is 3.44. The average Bonchev–Trinajstić information content (AvgIpc) is 2.97. The lowest BCUT2D eigenvalue weighted by molar-refractivity contribution is -0.137. The van der Waals surface area contributed by atoms with Gasteiger partial charge in [-0.3, -0.25) is 9.59 Å². The maximum atomic E-state index is 12.1. The molecule has 6 nitrogen and oxygen atoms in total. The molecule has 2 unspecified atom stereocenters. The Kier molecular flexibility index (Phi) is 4.21. The molecule has 1 aliphatic rings. The van der Waals surface area contributed by atoms with Gasteiger partial charge in [0, 0.05) is 13.3 Å². The van der Waals surface area contributed by atoms with Crippen LogP contribution >= 0.6 is 0 Å². The smallest absolute Gasteiger partial charge is 0.323 e. The summed E-state index contributed by atoms with van der Waals surface area (Å²) in [6.45, 7) is -0.214. The van der Waals surface area contributed by atoms with E-state index in [0.29, 0.717) is 5.69 Å². The molecule has 2 atom stereocenters. The van der Waals surface area contributed by atoms with Crippen molar-refractivity contribution in [3.63, 3.8) is 0 Å². The molecule has 0 radical (unpaired) electrons. The fraction of sp³-hybridized carbons (Fsp3) is 0.538. The number of nitrogens with one attached hydrogen (secondary N) is 1. The lowest BCUT2D eigenvalue weighted by atomic mass is 10.2. The molecule has 19 heavy (non-hydrogen) atoms. The van der Waals surface area contributed by atoms with Gasteiger partial charge in [-0.1, -0.05) is 0 Å². The number of carbonyl (C=O) groups excluding carboxylic acids is 1. The van der Waals surface area contributed by atoms with Crippen LogP contribution in [0.3, 0.4) is 0 Å². The lowest BCUT2D eigenvalue weighted by Gasteiger charge is -2.19. The van der Waals surface area contributed by atoms with E-state index in [4.69, 9.17) is 9.84 Å². The van der Waals surface area contributed by atoms with Gasteiger partial charge in [0.1, 0.15) is 12.2 Å². The fourth-order valence-corrected chi connectivity index (χ4v) is 2.52. The second-order valence-corrected chi connectivity index (χ2v) is 4.70. The van der Waals surface area contributed by atoms with Crippen molar-refractivity contribution in [2.75, 3.05) is 7.11 Å².